The highest BCUT2D eigenvalue weighted by atomic mass is 16.5. The zero-order chi connectivity index (χ0) is 19.7. The molecule has 2 aromatic heterocycles. The first-order valence-electron chi connectivity index (χ1n) is 9.26. The lowest BCUT2D eigenvalue weighted by atomic mass is 10.0. The van der Waals surface area contributed by atoms with Gasteiger partial charge in [0.15, 0.2) is 23.2 Å². The lowest BCUT2D eigenvalue weighted by Crippen LogP contribution is -2.44. The van der Waals surface area contributed by atoms with Crippen LogP contribution in [0, 0.1) is 0 Å². The molecule has 1 N–H and O–H groups in total. The molecule has 5 rings (SSSR count). The van der Waals surface area contributed by atoms with Gasteiger partial charge in [-0.2, -0.15) is 5.10 Å². The van der Waals surface area contributed by atoms with Crippen molar-refractivity contribution in [2.24, 2.45) is 7.05 Å². The average molecular weight is 385 g/mol. The van der Waals surface area contributed by atoms with Crippen LogP contribution in [0.5, 0.6) is 0 Å². The maximum Gasteiger partial charge on any atom is 0.198 e. The smallest absolute Gasteiger partial charge is 0.198 e. The van der Waals surface area contributed by atoms with E-state index in [4.69, 9.17) is 4.74 Å². The summed E-state index contributed by atoms with van der Waals surface area (Å²) in [6.45, 7) is 0.241. The second kappa shape index (κ2) is 6.99. The number of hydrogen-bond donors (Lipinski definition) is 1. The Balaban J connectivity index is 1.54. The molecular weight excluding hydrogens is 366 g/mol. The molecule has 1 aliphatic rings. The number of aryl methyl sites for hydroxylation is 1. The SMILES string of the molecule is Cn1cnc(COC2(c3ccccc3)C=Cc3nnc(-c4ccccc4)n3N2)n1. The van der Waals surface area contributed by atoms with Crippen molar-refractivity contribution in [3.8, 4) is 11.4 Å². The van der Waals surface area contributed by atoms with E-state index in [1.807, 2.05) is 84.5 Å². The van der Waals surface area contributed by atoms with Gasteiger partial charge in [0.2, 0.25) is 0 Å². The van der Waals surface area contributed by atoms with E-state index < -0.39 is 5.72 Å². The van der Waals surface area contributed by atoms with Crippen LogP contribution in [0.3, 0.4) is 0 Å². The van der Waals surface area contributed by atoms with E-state index in [1.54, 1.807) is 11.0 Å². The minimum absolute atomic E-state index is 0.241. The summed E-state index contributed by atoms with van der Waals surface area (Å²) in [5, 5.41) is 13.0. The normalized spacial score (nSPS) is 17.7. The molecule has 0 saturated heterocycles. The topological polar surface area (TPSA) is 82.7 Å². The van der Waals surface area contributed by atoms with E-state index in [2.05, 4.69) is 25.7 Å². The molecule has 1 unspecified atom stereocenters. The fraction of sp³-hybridized carbons (Fsp3) is 0.143. The Bertz CT molecular complexity index is 1150. The zero-order valence-corrected chi connectivity index (χ0v) is 15.8. The summed E-state index contributed by atoms with van der Waals surface area (Å²) < 4.78 is 9.87. The number of nitrogens with zero attached hydrogens (tertiary/aromatic N) is 6. The first-order valence-corrected chi connectivity index (χ1v) is 9.26. The summed E-state index contributed by atoms with van der Waals surface area (Å²) in [6, 6.07) is 19.9. The number of aromatic nitrogens is 6. The zero-order valence-electron chi connectivity index (χ0n) is 15.8. The van der Waals surface area contributed by atoms with Crippen LogP contribution in [-0.2, 0) is 24.1 Å². The van der Waals surface area contributed by atoms with Crippen LogP contribution < -0.4 is 5.43 Å². The highest BCUT2D eigenvalue weighted by molar-refractivity contribution is 5.60. The Morgan fingerprint density at radius 2 is 1.76 bits per heavy atom. The Morgan fingerprint density at radius 3 is 2.48 bits per heavy atom. The van der Waals surface area contributed by atoms with Gasteiger partial charge in [0.1, 0.15) is 12.9 Å². The summed E-state index contributed by atoms with van der Waals surface area (Å²) in [4.78, 5) is 4.27. The molecule has 0 amide bonds. The molecule has 0 fully saturated rings. The number of rotatable bonds is 5. The average Bonchev–Trinajstić information content (AvgIpc) is 3.39. The molecule has 8 nitrogen and oxygen atoms in total. The molecule has 3 heterocycles. The molecule has 0 aliphatic carbocycles. The lowest BCUT2D eigenvalue weighted by Gasteiger charge is -2.36. The van der Waals surface area contributed by atoms with E-state index >= 15 is 0 Å². The maximum atomic E-state index is 6.36. The third kappa shape index (κ3) is 3.19. The lowest BCUT2D eigenvalue weighted by molar-refractivity contribution is -0.0166. The van der Waals surface area contributed by atoms with Gasteiger partial charge in [0.05, 0.1) is 0 Å². The molecular formula is C21H19N7O. The van der Waals surface area contributed by atoms with Crippen LogP contribution in [0.15, 0.2) is 73.1 Å². The molecule has 0 saturated carbocycles. The van der Waals surface area contributed by atoms with Crippen LogP contribution in [0.25, 0.3) is 17.5 Å². The highest BCUT2D eigenvalue weighted by Gasteiger charge is 2.36. The van der Waals surface area contributed by atoms with Gasteiger partial charge in [-0.25, -0.2) is 9.66 Å². The largest absolute Gasteiger partial charge is 0.339 e. The quantitative estimate of drug-likeness (QED) is 0.569. The van der Waals surface area contributed by atoms with Crippen molar-refractivity contribution in [1.82, 2.24) is 29.6 Å². The third-order valence-electron chi connectivity index (χ3n) is 4.74. The minimum atomic E-state index is -0.917. The van der Waals surface area contributed by atoms with E-state index in [0.29, 0.717) is 17.5 Å². The standard InChI is InChI=1S/C21H19N7O/c1-27-15-22-18(25-27)14-29-21(17-10-6-3-7-11-17)13-12-19-23-24-20(28(19)26-21)16-8-4-2-5-9-16/h2-13,15,26H,14H2,1H3. The summed E-state index contributed by atoms with van der Waals surface area (Å²) in [5.74, 6) is 2.02. The van der Waals surface area contributed by atoms with Crippen molar-refractivity contribution < 1.29 is 4.74 Å². The molecule has 1 atom stereocenters. The predicted molar refractivity (Wildman–Crippen MR) is 108 cm³/mol. The van der Waals surface area contributed by atoms with Gasteiger partial charge in [-0.1, -0.05) is 60.7 Å². The summed E-state index contributed by atoms with van der Waals surface area (Å²) in [7, 11) is 1.83. The van der Waals surface area contributed by atoms with Crippen LogP contribution in [0.1, 0.15) is 17.2 Å². The number of fused-ring (bicyclic) bond motifs is 1. The van der Waals surface area contributed by atoms with Gasteiger partial charge in [0.25, 0.3) is 0 Å². The monoisotopic (exact) mass is 385 g/mol. The number of nitrogens with one attached hydrogen (secondary N) is 1. The Kier molecular flexibility index (Phi) is 4.18. The fourth-order valence-corrected chi connectivity index (χ4v) is 3.32. The summed E-state index contributed by atoms with van der Waals surface area (Å²) in [5.41, 5.74) is 4.46. The first-order chi connectivity index (χ1) is 14.2. The van der Waals surface area contributed by atoms with Crippen molar-refractivity contribution in [3.63, 3.8) is 0 Å². The van der Waals surface area contributed by atoms with Crippen molar-refractivity contribution in [3.05, 3.63) is 90.3 Å². The van der Waals surface area contributed by atoms with Gasteiger partial charge >= 0.3 is 0 Å². The second-order valence-corrected chi connectivity index (χ2v) is 6.75. The van der Waals surface area contributed by atoms with Crippen molar-refractivity contribution in [1.29, 1.82) is 0 Å². The van der Waals surface area contributed by atoms with E-state index in [-0.39, 0.29) is 6.61 Å². The summed E-state index contributed by atoms with van der Waals surface area (Å²) in [6.07, 6.45) is 5.52. The number of hydrogen-bond acceptors (Lipinski definition) is 6. The van der Waals surface area contributed by atoms with E-state index in [0.717, 1.165) is 11.1 Å². The minimum Gasteiger partial charge on any atom is -0.339 e. The van der Waals surface area contributed by atoms with Gasteiger partial charge in [-0.05, 0) is 12.2 Å². The molecule has 4 aromatic rings. The molecule has 1 aliphatic heterocycles. The van der Waals surface area contributed by atoms with Crippen LogP contribution in [0.2, 0.25) is 0 Å². The molecule has 0 bridgehead atoms. The fourth-order valence-electron chi connectivity index (χ4n) is 3.32. The third-order valence-corrected chi connectivity index (χ3v) is 4.74. The Labute approximate surface area is 167 Å². The van der Waals surface area contributed by atoms with Crippen LogP contribution in [-0.4, -0.2) is 29.6 Å². The highest BCUT2D eigenvalue weighted by Crippen LogP contribution is 2.32. The molecule has 0 spiro atoms. The number of ether oxygens (including phenoxy) is 1. The van der Waals surface area contributed by atoms with Gasteiger partial charge in [-0.15, -0.1) is 10.2 Å². The van der Waals surface area contributed by atoms with E-state index in [9.17, 15) is 0 Å². The predicted octanol–water partition coefficient (Wildman–Crippen LogP) is 2.71. The Morgan fingerprint density at radius 1 is 1.00 bits per heavy atom. The van der Waals surface area contributed by atoms with Crippen LogP contribution >= 0.6 is 0 Å². The number of benzene rings is 2. The van der Waals surface area contributed by atoms with E-state index in [1.165, 1.54) is 0 Å². The molecule has 29 heavy (non-hydrogen) atoms. The van der Waals surface area contributed by atoms with Gasteiger partial charge in [-0.3, -0.25) is 10.1 Å². The maximum absolute atomic E-state index is 6.36. The van der Waals surface area contributed by atoms with Crippen molar-refractivity contribution >= 4 is 6.08 Å². The van der Waals surface area contributed by atoms with Crippen molar-refractivity contribution in [2.75, 3.05) is 5.43 Å². The van der Waals surface area contributed by atoms with Gasteiger partial charge < -0.3 is 4.74 Å². The molecule has 8 heteroatoms. The Hall–Kier alpha value is -3.78. The van der Waals surface area contributed by atoms with Crippen LogP contribution in [0.4, 0.5) is 0 Å². The first kappa shape index (κ1) is 17.3. The van der Waals surface area contributed by atoms with Gasteiger partial charge in [0, 0.05) is 18.2 Å². The summed E-state index contributed by atoms with van der Waals surface area (Å²) >= 11 is 0. The molecule has 0 radical (unpaired) electrons. The molecule has 144 valence electrons. The van der Waals surface area contributed by atoms with Crippen molar-refractivity contribution in [2.45, 2.75) is 12.3 Å². The second-order valence-electron chi connectivity index (χ2n) is 6.75. The molecule has 2 aromatic carbocycles.